The van der Waals surface area contributed by atoms with Gasteiger partial charge in [-0.15, -0.1) is 0 Å². The minimum Gasteiger partial charge on any atom is -0.356 e. The second-order valence-corrected chi connectivity index (χ2v) is 15.5. The van der Waals surface area contributed by atoms with Crippen molar-refractivity contribution < 1.29 is 9.59 Å². The van der Waals surface area contributed by atoms with Gasteiger partial charge in [0.2, 0.25) is 11.8 Å². The van der Waals surface area contributed by atoms with Gasteiger partial charge in [-0.2, -0.15) is 0 Å². The lowest BCUT2D eigenvalue weighted by molar-refractivity contribution is -0.127. The third kappa shape index (κ3) is 11.9. The predicted molar refractivity (Wildman–Crippen MR) is 222 cm³/mol. The maximum atomic E-state index is 11.7. The minimum atomic E-state index is 0.00923. The monoisotopic (exact) mass is 705 g/mol. The fourth-order valence-electron chi connectivity index (χ4n) is 7.43. The summed E-state index contributed by atoms with van der Waals surface area (Å²) in [6, 6.07) is 15.7. The van der Waals surface area contributed by atoms with Crippen LogP contribution in [0.4, 0.5) is 0 Å². The van der Waals surface area contributed by atoms with Gasteiger partial charge in [0.05, 0.1) is 0 Å². The molecular weight excluding hydrogens is 637 g/mol. The first-order chi connectivity index (χ1) is 25.2. The Morgan fingerprint density at radius 3 is 2.08 bits per heavy atom. The molecule has 0 aromatic heterocycles. The highest BCUT2D eigenvalue weighted by Crippen LogP contribution is 2.41. The average molecular weight is 705 g/mol. The number of carbonyl (C=O) groups is 2. The minimum absolute atomic E-state index is 0.00923. The number of benzene rings is 2. The van der Waals surface area contributed by atoms with Crippen LogP contribution in [0.1, 0.15) is 152 Å². The Labute approximate surface area is 316 Å². The molecule has 4 fully saturated rings. The molecule has 1 heterocycles. The van der Waals surface area contributed by atoms with Crippen molar-refractivity contribution in [1.29, 1.82) is 0 Å². The van der Waals surface area contributed by atoms with E-state index in [0.717, 1.165) is 50.6 Å². The zero-order chi connectivity index (χ0) is 37.5. The number of nitrogens with zero attached hydrogens (tertiary/aromatic N) is 1. The molecule has 0 spiro atoms. The number of hydrogen-bond donors (Lipinski definition) is 1. The van der Waals surface area contributed by atoms with Gasteiger partial charge in [-0.05, 0) is 147 Å². The van der Waals surface area contributed by atoms with E-state index in [2.05, 4.69) is 108 Å². The summed E-state index contributed by atoms with van der Waals surface area (Å²) in [4.78, 5) is 24.5. The average Bonchev–Trinajstić information content (AvgIpc) is 3.87. The number of carbonyl (C=O) groups excluding carboxylic acids is 2. The number of nitrogens with one attached hydrogen (secondary N) is 1. The molecule has 6 rings (SSSR count). The Balaban J connectivity index is 0.000000190. The molecule has 0 bridgehead atoms. The lowest BCUT2D eigenvalue weighted by atomic mass is 9.75. The van der Waals surface area contributed by atoms with Crippen molar-refractivity contribution in [2.24, 2.45) is 11.8 Å². The van der Waals surface area contributed by atoms with Gasteiger partial charge in [-0.3, -0.25) is 9.59 Å². The van der Waals surface area contributed by atoms with Crippen molar-refractivity contribution in [1.82, 2.24) is 10.2 Å². The predicted octanol–water partition coefficient (Wildman–Crippen LogP) is 11.9. The molecule has 1 saturated heterocycles. The first kappa shape index (κ1) is 41.1. The highest BCUT2D eigenvalue weighted by molar-refractivity contribution is 5.95. The van der Waals surface area contributed by atoms with Gasteiger partial charge in [0.1, 0.15) is 0 Å². The van der Waals surface area contributed by atoms with Gasteiger partial charge in [0.15, 0.2) is 0 Å². The van der Waals surface area contributed by atoms with Crippen molar-refractivity contribution in [3.63, 3.8) is 0 Å². The molecule has 3 aliphatic carbocycles. The van der Waals surface area contributed by atoms with E-state index in [4.69, 9.17) is 0 Å². The van der Waals surface area contributed by atoms with E-state index >= 15 is 0 Å². The zero-order valence-electron chi connectivity index (χ0n) is 33.7. The molecular formula is C48H68N2O2. The van der Waals surface area contributed by atoms with Crippen LogP contribution in [0.3, 0.4) is 0 Å². The number of aryl methyl sites for hydroxylation is 1. The summed E-state index contributed by atoms with van der Waals surface area (Å²) in [5.74, 6) is 2.52. The molecule has 1 N–H and O–H groups in total. The van der Waals surface area contributed by atoms with E-state index in [1.165, 1.54) is 109 Å². The smallest absolute Gasteiger partial charge is 0.244 e. The van der Waals surface area contributed by atoms with E-state index in [1.807, 2.05) is 4.90 Å². The van der Waals surface area contributed by atoms with Gasteiger partial charge in [-0.1, -0.05) is 106 Å². The topological polar surface area (TPSA) is 49.4 Å². The standard InChI is InChI=1S/C23H32.C18H23NO.C7H13NO/c1-6-8-10-20(21-13-14-21)15-16-22(17(3)4)23-12-9-11-19(7-2)18(23)5;1-19-18(20)12-17(15-6-3-7-15)16-10-8-14(9-11-16)13-4-2-5-13;1-2-5-8-6-3-4-7(8)9/h9-12,15-16,21H,6-8,13-14H2,1-5H3;8-13,15H,2-7H2,1H3,(H,19,20);2-6H2,1H3/b16-15-,20-10-;17-12+;. The fraction of sp³-hybridized carbons (Fsp3) is 0.542. The van der Waals surface area contributed by atoms with Crippen LogP contribution in [0.5, 0.6) is 0 Å². The number of likely N-dealkylation sites (tertiary alicyclic amines) is 1. The Kier molecular flexibility index (Phi) is 16.7. The zero-order valence-corrected chi connectivity index (χ0v) is 33.7. The molecule has 52 heavy (non-hydrogen) atoms. The van der Waals surface area contributed by atoms with Crippen LogP contribution in [0.2, 0.25) is 0 Å². The fourth-order valence-corrected chi connectivity index (χ4v) is 7.43. The van der Waals surface area contributed by atoms with Crippen molar-refractivity contribution in [3.8, 4) is 0 Å². The van der Waals surface area contributed by atoms with Gasteiger partial charge in [-0.25, -0.2) is 0 Å². The van der Waals surface area contributed by atoms with Gasteiger partial charge in [0.25, 0.3) is 0 Å². The normalized spacial score (nSPS) is 17.8. The summed E-state index contributed by atoms with van der Waals surface area (Å²) in [5.41, 5.74) is 12.5. The molecule has 282 valence electrons. The number of likely N-dealkylation sites (N-methyl/N-ethyl adjacent to an activating group) is 1. The van der Waals surface area contributed by atoms with Gasteiger partial charge in [0, 0.05) is 32.6 Å². The SMILES string of the molecule is CCC/C=C(/C=C\C(=C(C)C)c1cccc(CC)c1C)C1CC1.CCCN1CCCC1=O.CNC(=O)/C=C(/c1ccc(C2CCC2)cc1)C1CCC1. The van der Waals surface area contributed by atoms with Crippen LogP contribution in [0.25, 0.3) is 11.1 Å². The van der Waals surface area contributed by atoms with Crippen LogP contribution in [0, 0.1) is 18.8 Å². The van der Waals surface area contributed by atoms with Crippen molar-refractivity contribution in [2.45, 2.75) is 137 Å². The highest BCUT2D eigenvalue weighted by atomic mass is 16.2. The summed E-state index contributed by atoms with van der Waals surface area (Å²) in [6.45, 7) is 15.3. The lowest BCUT2D eigenvalue weighted by Crippen LogP contribution is -2.24. The Bertz CT molecular complexity index is 1570. The third-order valence-corrected chi connectivity index (χ3v) is 11.4. The number of rotatable bonds is 13. The quantitative estimate of drug-likeness (QED) is 0.167. The molecule has 2 aromatic rings. The van der Waals surface area contributed by atoms with Crippen LogP contribution >= 0.6 is 0 Å². The first-order valence-electron chi connectivity index (χ1n) is 20.7. The molecule has 4 nitrogen and oxygen atoms in total. The summed E-state index contributed by atoms with van der Waals surface area (Å²) < 4.78 is 0. The van der Waals surface area contributed by atoms with Crippen LogP contribution in [0.15, 0.2) is 77.9 Å². The Hall–Kier alpha value is -3.66. The molecule has 2 aromatic carbocycles. The second kappa shape index (κ2) is 21.1. The number of unbranched alkanes of at least 4 members (excludes halogenated alkanes) is 1. The van der Waals surface area contributed by atoms with Crippen molar-refractivity contribution >= 4 is 23.0 Å². The summed E-state index contributed by atoms with van der Waals surface area (Å²) >= 11 is 0. The van der Waals surface area contributed by atoms with E-state index in [9.17, 15) is 9.59 Å². The number of amides is 2. The highest BCUT2D eigenvalue weighted by Gasteiger charge is 2.25. The molecule has 0 radical (unpaired) electrons. The van der Waals surface area contributed by atoms with E-state index in [0.29, 0.717) is 11.8 Å². The molecule has 4 heteroatoms. The van der Waals surface area contributed by atoms with Gasteiger partial charge < -0.3 is 10.2 Å². The van der Waals surface area contributed by atoms with Crippen molar-refractivity contribution in [3.05, 3.63) is 106 Å². The number of hydrogen-bond acceptors (Lipinski definition) is 2. The van der Waals surface area contributed by atoms with Gasteiger partial charge >= 0.3 is 0 Å². The summed E-state index contributed by atoms with van der Waals surface area (Å²) in [5, 5.41) is 2.70. The molecule has 4 aliphatic rings. The maximum absolute atomic E-state index is 11.7. The van der Waals surface area contributed by atoms with Crippen LogP contribution in [-0.2, 0) is 16.0 Å². The molecule has 3 saturated carbocycles. The van der Waals surface area contributed by atoms with Crippen molar-refractivity contribution in [2.75, 3.05) is 20.1 Å². The molecule has 2 amide bonds. The Morgan fingerprint density at radius 2 is 1.58 bits per heavy atom. The number of allylic oxidation sites excluding steroid dienone is 7. The summed E-state index contributed by atoms with van der Waals surface area (Å²) in [7, 11) is 1.69. The molecule has 0 unspecified atom stereocenters. The Morgan fingerprint density at radius 1 is 0.865 bits per heavy atom. The third-order valence-electron chi connectivity index (χ3n) is 11.4. The van der Waals surface area contributed by atoms with E-state index in [-0.39, 0.29) is 5.91 Å². The van der Waals surface area contributed by atoms with E-state index in [1.54, 1.807) is 18.7 Å². The molecule has 0 atom stereocenters. The summed E-state index contributed by atoms with van der Waals surface area (Å²) in [6.07, 6.45) is 26.0. The van der Waals surface area contributed by atoms with Crippen LogP contribution < -0.4 is 5.32 Å². The molecule has 1 aliphatic heterocycles. The second-order valence-electron chi connectivity index (χ2n) is 15.5. The maximum Gasteiger partial charge on any atom is 0.244 e. The van der Waals surface area contributed by atoms with E-state index < -0.39 is 0 Å². The first-order valence-corrected chi connectivity index (χ1v) is 20.7. The van der Waals surface area contributed by atoms with Crippen LogP contribution in [-0.4, -0.2) is 36.9 Å². The lowest BCUT2D eigenvalue weighted by Gasteiger charge is -2.29. The largest absolute Gasteiger partial charge is 0.356 e.